The number of nitrogens with zero attached hydrogens (tertiary/aromatic N) is 3. The fourth-order valence-corrected chi connectivity index (χ4v) is 3.07. The Bertz CT molecular complexity index is 1050. The zero-order valence-corrected chi connectivity index (χ0v) is 15.6. The number of rotatable bonds is 5. The lowest BCUT2D eigenvalue weighted by atomic mass is 10.1. The maximum absolute atomic E-state index is 11.4. The first kappa shape index (κ1) is 18.3. The summed E-state index contributed by atoms with van der Waals surface area (Å²) in [4.78, 5) is 17.2. The SMILES string of the molecule is C#CCc1c(C)nc2c(OCc3c(C)cccc3N(C)C(=O)O)cccn12. The molecule has 0 saturated heterocycles. The second-order valence-corrected chi connectivity index (χ2v) is 6.29. The monoisotopic (exact) mass is 363 g/mol. The molecule has 6 heteroatoms. The van der Waals surface area contributed by atoms with Gasteiger partial charge in [-0.3, -0.25) is 9.30 Å². The van der Waals surface area contributed by atoms with Crippen molar-refractivity contribution in [1.82, 2.24) is 9.38 Å². The first-order valence-electron chi connectivity index (χ1n) is 8.52. The third kappa shape index (κ3) is 3.44. The van der Waals surface area contributed by atoms with Gasteiger partial charge in [0.1, 0.15) is 6.61 Å². The smallest absolute Gasteiger partial charge is 0.411 e. The van der Waals surface area contributed by atoms with Crippen LogP contribution in [-0.2, 0) is 13.0 Å². The number of fused-ring (bicyclic) bond motifs is 1. The van der Waals surface area contributed by atoms with Gasteiger partial charge in [0.2, 0.25) is 0 Å². The number of hydrogen-bond acceptors (Lipinski definition) is 3. The molecule has 1 amide bonds. The quantitative estimate of drug-likeness (QED) is 0.700. The molecule has 0 atom stereocenters. The van der Waals surface area contributed by atoms with Crippen LogP contribution in [0.1, 0.15) is 22.5 Å². The molecular weight excluding hydrogens is 342 g/mol. The molecule has 0 radical (unpaired) electrons. The van der Waals surface area contributed by atoms with Crippen molar-refractivity contribution in [3.05, 3.63) is 59.0 Å². The number of carbonyl (C=O) groups is 1. The molecular formula is C21H21N3O3. The Hall–Kier alpha value is -3.46. The topological polar surface area (TPSA) is 67.1 Å². The maximum Gasteiger partial charge on any atom is 0.411 e. The minimum Gasteiger partial charge on any atom is -0.485 e. The van der Waals surface area contributed by atoms with Gasteiger partial charge in [0.05, 0.1) is 23.5 Å². The molecule has 2 aromatic heterocycles. The average molecular weight is 363 g/mol. The Balaban J connectivity index is 1.96. The molecule has 0 fully saturated rings. The zero-order valence-electron chi connectivity index (χ0n) is 15.6. The van der Waals surface area contributed by atoms with Crippen LogP contribution >= 0.6 is 0 Å². The Morgan fingerprint density at radius 1 is 1.33 bits per heavy atom. The Morgan fingerprint density at radius 3 is 2.81 bits per heavy atom. The molecule has 0 unspecified atom stereocenters. The molecule has 0 bridgehead atoms. The summed E-state index contributed by atoms with van der Waals surface area (Å²) in [7, 11) is 1.52. The molecule has 0 spiro atoms. The van der Waals surface area contributed by atoms with E-state index in [0.717, 1.165) is 22.5 Å². The van der Waals surface area contributed by atoms with Crippen LogP contribution in [0, 0.1) is 26.2 Å². The average Bonchev–Trinajstić information content (AvgIpc) is 2.96. The van der Waals surface area contributed by atoms with Gasteiger partial charge in [-0.1, -0.05) is 12.1 Å². The lowest BCUT2D eigenvalue weighted by Gasteiger charge is -2.19. The third-order valence-corrected chi connectivity index (χ3v) is 4.59. The normalized spacial score (nSPS) is 10.6. The van der Waals surface area contributed by atoms with E-state index in [1.54, 1.807) is 6.07 Å². The number of hydrogen-bond donors (Lipinski definition) is 1. The van der Waals surface area contributed by atoms with Crippen LogP contribution in [0.3, 0.4) is 0 Å². The number of anilines is 1. The van der Waals surface area contributed by atoms with Crippen molar-refractivity contribution >= 4 is 17.4 Å². The molecule has 0 aliphatic carbocycles. The maximum atomic E-state index is 11.4. The predicted molar refractivity (Wildman–Crippen MR) is 104 cm³/mol. The predicted octanol–water partition coefficient (Wildman–Crippen LogP) is 3.82. The van der Waals surface area contributed by atoms with Gasteiger partial charge in [-0.05, 0) is 37.6 Å². The fraction of sp³-hybridized carbons (Fsp3) is 0.238. The van der Waals surface area contributed by atoms with Crippen molar-refractivity contribution in [3.8, 4) is 18.1 Å². The molecule has 1 aromatic carbocycles. The van der Waals surface area contributed by atoms with Crippen LogP contribution in [-0.4, -0.2) is 27.6 Å². The summed E-state index contributed by atoms with van der Waals surface area (Å²) in [5, 5.41) is 9.32. The highest BCUT2D eigenvalue weighted by Gasteiger charge is 2.17. The summed E-state index contributed by atoms with van der Waals surface area (Å²) >= 11 is 0. The molecule has 0 saturated carbocycles. The van der Waals surface area contributed by atoms with E-state index in [1.807, 2.05) is 48.7 Å². The van der Waals surface area contributed by atoms with Crippen LogP contribution in [0.4, 0.5) is 10.5 Å². The number of imidazole rings is 1. The van der Waals surface area contributed by atoms with Crippen molar-refractivity contribution < 1.29 is 14.6 Å². The largest absolute Gasteiger partial charge is 0.485 e. The fourth-order valence-electron chi connectivity index (χ4n) is 3.07. The summed E-state index contributed by atoms with van der Waals surface area (Å²) < 4.78 is 7.99. The molecule has 1 N–H and O–H groups in total. The van der Waals surface area contributed by atoms with Crippen LogP contribution < -0.4 is 9.64 Å². The summed E-state index contributed by atoms with van der Waals surface area (Å²) in [5.41, 5.74) is 4.90. The number of carboxylic acid groups (broad SMARTS) is 1. The number of amides is 1. The Kier molecular flexibility index (Phi) is 5.04. The summed E-state index contributed by atoms with van der Waals surface area (Å²) in [6.45, 7) is 4.09. The summed E-state index contributed by atoms with van der Waals surface area (Å²) in [6.07, 6.45) is 6.84. The van der Waals surface area contributed by atoms with E-state index in [0.29, 0.717) is 23.5 Å². The van der Waals surface area contributed by atoms with Crippen LogP contribution in [0.15, 0.2) is 36.5 Å². The van der Waals surface area contributed by atoms with E-state index in [2.05, 4.69) is 10.9 Å². The van der Waals surface area contributed by atoms with Gasteiger partial charge >= 0.3 is 6.09 Å². The van der Waals surface area contributed by atoms with Gasteiger partial charge in [0.15, 0.2) is 11.4 Å². The molecule has 27 heavy (non-hydrogen) atoms. The number of benzene rings is 1. The molecule has 0 aliphatic heterocycles. The van der Waals surface area contributed by atoms with Crippen LogP contribution in [0.25, 0.3) is 5.65 Å². The molecule has 6 nitrogen and oxygen atoms in total. The lowest BCUT2D eigenvalue weighted by Crippen LogP contribution is -2.25. The van der Waals surface area contributed by atoms with Crippen molar-refractivity contribution in [2.75, 3.05) is 11.9 Å². The molecule has 3 rings (SSSR count). The Labute approximate surface area is 158 Å². The van der Waals surface area contributed by atoms with Crippen LogP contribution in [0.2, 0.25) is 0 Å². The molecule has 138 valence electrons. The Morgan fingerprint density at radius 2 is 2.11 bits per heavy atom. The van der Waals surface area contributed by atoms with Gasteiger partial charge in [-0.2, -0.15) is 0 Å². The van der Waals surface area contributed by atoms with Crippen molar-refractivity contribution in [1.29, 1.82) is 0 Å². The molecule has 2 heterocycles. The second-order valence-electron chi connectivity index (χ2n) is 6.29. The van der Waals surface area contributed by atoms with Gasteiger partial charge in [-0.15, -0.1) is 12.3 Å². The lowest BCUT2D eigenvalue weighted by molar-refractivity contribution is 0.203. The summed E-state index contributed by atoms with van der Waals surface area (Å²) in [6, 6.07) is 9.26. The van der Waals surface area contributed by atoms with E-state index < -0.39 is 6.09 Å². The highest BCUT2D eigenvalue weighted by Crippen LogP contribution is 2.27. The van der Waals surface area contributed by atoms with Gasteiger partial charge in [-0.25, -0.2) is 9.78 Å². The third-order valence-electron chi connectivity index (χ3n) is 4.59. The first-order valence-corrected chi connectivity index (χ1v) is 8.52. The summed E-state index contributed by atoms with van der Waals surface area (Å²) in [5.74, 6) is 3.28. The molecule has 0 aliphatic rings. The van der Waals surface area contributed by atoms with Crippen molar-refractivity contribution in [2.24, 2.45) is 0 Å². The van der Waals surface area contributed by atoms with E-state index in [-0.39, 0.29) is 6.61 Å². The van der Waals surface area contributed by atoms with E-state index >= 15 is 0 Å². The number of aromatic nitrogens is 2. The second kappa shape index (κ2) is 7.42. The van der Waals surface area contributed by atoms with Gasteiger partial charge in [0, 0.05) is 18.8 Å². The number of aryl methyl sites for hydroxylation is 2. The molecule has 3 aromatic rings. The highest BCUT2D eigenvalue weighted by atomic mass is 16.5. The minimum atomic E-state index is -1.02. The number of pyridine rings is 1. The number of terminal acetylenes is 1. The van der Waals surface area contributed by atoms with Gasteiger partial charge in [0.25, 0.3) is 0 Å². The van der Waals surface area contributed by atoms with Crippen molar-refractivity contribution in [3.63, 3.8) is 0 Å². The first-order chi connectivity index (χ1) is 12.9. The minimum absolute atomic E-state index is 0.232. The van der Waals surface area contributed by atoms with E-state index in [1.165, 1.54) is 11.9 Å². The number of ether oxygens (including phenoxy) is 1. The standard InChI is InChI=1S/C21H21N3O3/c1-5-8-17-15(3)22-20-19(11-7-12-24(17)20)27-13-16-14(2)9-6-10-18(16)23(4)21(25)26/h1,6-7,9-12H,8,13H2,2-4H3,(H,25,26). The van der Waals surface area contributed by atoms with Crippen LogP contribution in [0.5, 0.6) is 5.75 Å². The van der Waals surface area contributed by atoms with E-state index in [9.17, 15) is 9.90 Å². The highest BCUT2D eigenvalue weighted by molar-refractivity contribution is 5.86. The van der Waals surface area contributed by atoms with Crippen molar-refractivity contribution in [2.45, 2.75) is 26.9 Å². The van der Waals surface area contributed by atoms with Gasteiger partial charge < -0.3 is 9.84 Å². The van der Waals surface area contributed by atoms with E-state index in [4.69, 9.17) is 11.2 Å². The zero-order chi connectivity index (χ0) is 19.6.